The van der Waals surface area contributed by atoms with Crippen LogP contribution in [0.4, 0.5) is 0 Å². The van der Waals surface area contributed by atoms with E-state index < -0.39 is 0 Å². The second-order valence-corrected chi connectivity index (χ2v) is 3.09. The van der Waals surface area contributed by atoms with Crippen molar-refractivity contribution in [3.05, 3.63) is 0 Å². The van der Waals surface area contributed by atoms with E-state index >= 15 is 0 Å². The van der Waals surface area contributed by atoms with Gasteiger partial charge in [0.1, 0.15) is 0 Å². The van der Waals surface area contributed by atoms with E-state index in [1.807, 2.05) is 0 Å². The van der Waals surface area contributed by atoms with E-state index in [1.54, 1.807) is 0 Å². The molecule has 0 rings (SSSR count). The fourth-order valence-corrected chi connectivity index (χ4v) is 0.545. The number of aliphatic hydroxyl groups excluding tert-OH is 1. The third kappa shape index (κ3) is 12.7. The van der Waals surface area contributed by atoms with E-state index in [0.29, 0.717) is 6.61 Å². The zero-order chi connectivity index (χ0) is 6.62. The molecular formula is C6H17KNO+. The van der Waals surface area contributed by atoms with Gasteiger partial charge in [-0.05, 0) is 0 Å². The number of hydrogen-bond donors (Lipinski definition) is 1. The van der Waals surface area contributed by atoms with Crippen LogP contribution in [0, 0.1) is 0 Å². The molecule has 0 saturated heterocycles. The van der Waals surface area contributed by atoms with E-state index in [1.165, 1.54) is 0 Å². The van der Waals surface area contributed by atoms with Crippen LogP contribution in [0.15, 0.2) is 0 Å². The van der Waals surface area contributed by atoms with Crippen LogP contribution in [0.2, 0.25) is 0 Å². The van der Waals surface area contributed by atoms with Gasteiger partial charge in [-0.3, -0.25) is 0 Å². The first-order valence-corrected chi connectivity index (χ1v) is 2.97. The van der Waals surface area contributed by atoms with Gasteiger partial charge in [-0.15, -0.1) is 0 Å². The molecule has 0 aliphatic rings. The number of quaternary nitrogens is 1. The fraction of sp³-hybridized carbons (Fsp3) is 1.00. The van der Waals surface area contributed by atoms with E-state index in [4.69, 9.17) is 5.11 Å². The van der Waals surface area contributed by atoms with Crippen molar-refractivity contribution >= 4 is 51.4 Å². The van der Waals surface area contributed by atoms with Gasteiger partial charge in [-0.25, -0.2) is 0 Å². The molecule has 0 fully saturated rings. The summed E-state index contributed by atoms with van der Waals surface area (Å²) in [5.74, 6) is 0. The Morgan fingerprint density at radius 2 is 1.67 bits per heavy atom. The molecule has 0 bridgehead atoms. The monoisotopic (exact) mass is 158 g/mol. The number of hydrogen-bond acceptors (Lipinski definition) is 1. The topological polar surface area (TPSA) is 20.2 Å². The molecule has 0 radical (unpaired) electrons. The summed E-state index contributed by atoms with van der Waals surface area (Å²) >= 11 is 0. The maximum atomic E-state index is 8.42. The minimum absolute atomic E-state index is 0. The quantitative estimate of drug-likeness (QED) is 0.431. The average molecular weight is 158 g/mol. The summed E-state index contributed by atoms with van der Waals surface area (Å²) in [5, 5.41) is 8.42. The van der Waals surface area contributed by atoms with Crippen LogP contribution in [-0.2, 0) is 0 Å². The summed E-state index contributed by atoms with van der Waals surface area (Å²) in [4.78, 5) is 0. The van der Waals surface area contributed by atoms with Gasteiger partial charge in [0, 0.05) is 13.0 Å². The first kappa shape index (κ1) is 13.2. The Morgan fingerprint density at radius 1 is 1.22 bits per heavy atom. The van der Waals surface area contributed by atoms with Crippen molar-refractivity contribution in [2.24, 2.45) is 0 Å². The molecule has 0 aromatic carbocycles. The van der Waals surface area contributed by atoms with Crippen LogP contribution in [0.1, 0.15) is 6.42 Å². The average Bonchev–Trinajstić information content (AvgIpc) is 1.59. The molecule has 0 unspecified atom stereocenters. The molecule has 0 saturated carbocycles. The van der Waals surface area contributed by atoms with Crippen molar-refractivity contribution in [3.63, 3.8) is 0 Å². The molecule has 3 heteroatoms. The first-order chi connectivity index (χ1) is 3.56. The van der Waals surface area contributed by atoms with Gasteiger partial charge in [0.15, 0.2) is 0 Å². The Bertz CT molecular complexity index is 60.6. The van der Waals surface area contributed by atoms with Gasteiger partial charge in [0.25, 0.3) is 0 Å². The molecule has 0 aliphatic heterocycles. The summed E-state index contributed by atoms with van der Waals surface area (Å²) in [7, 11) is 6.36. The van der Waals surface area contributed by atoms with Crippen LogP contribution < -0.4 is 0 Å². The number of rotatable bonds is 3. The van der Waals surface area contributed by atoms with Crippen LogP contribution in [0.25, 0.3) is 0 Å². The van der Waals surface area contributed by atoms with Crippen LogP contribution in [-0.4, -0.2) is 95.3 Å². The molecule has 0 aromatic heterocycles. The van der Waals surface area contributed by atoms with Crippen LogP contribution in [0.5, 0.6) is 0 Å². The molecule has 1 N–H and O–H groups in total. The molecule has 0 heterocycles. The van der Waals surface area contributed by atoms with Gasteiger partial charge >= 0.3 is 51.4 Å². The predicted octanol–water partition coefficient (Wildman–Crippen LogP) is -0.574. The van der Waals surface area contributed by atoms with Gasteiger partial charge in [0.2, 0.25) is 0 Å². The molecule has 0 aliphatic carbocycles. The van der Waals surface area contributed by atoms with Gasteiger partial charge in [-0.1, -0.05) is 0 Å². The van der Waals surface area contributed by atoms with E-state index in [0.717, 1.165) is 17.4 Å². The van der Waals surface area contributed by atoms with Crippen LogP contribution >= 0.6 is 0 Å². The minimum atomic E-state index is 0. The molecule has 0 amide bonds. The predicted molar refractivity (Wildman–Crippen MR) is 41.8 cm³/mol. The summed E-state index contributed by atoms with van der Waals surface area (Å²) in [6.07, 6.45) is 0.906. The molecule has 0 spiro atoms. The SMILES string of the molecule is C[N+](C)(C)CCCO.[KH]. The molecular weight excluding hydrogens is 141 g/mol. The van der Waals surface area contributed by atoms with E-state index in [9.17, 15) is 0 Å². The zero-order valence-corrected chi connectivity index (χ0v) is 6.02. The summed E-state index contributed by atoms with van der Waals surface area (Å²) < 4.78 is 0.945. The van der Waals surface area contributed by atoms with Gasteiger partial charge < -0.3 is 9.59 Å². The Labute approximate surface area is 100 Å². The van der Waals surface area contributed by atoms with Crippen molar-refractivity contribution < 1.29 is 9.59 Å². The molecule has 52 valence electrons. The Hall–Kier alpha value is 1.56. The normalized spacial score (nSPS) is 10.7. The Morgan fingerprint density at radius 3 is 1.78 bits per heavy atom. The Balaban J connectivity index is 0. The van der Waals surface area contributed by atoms with Crippen molar-refractivity contribution in [3.8, 4) is 0 Å². The fourth-order valence-electron chi connectivity index (χ4n) is 0.545. The third-order valence-corrected chi connectivity index (χ3v) is 0.987. The summed E-state index contributed by atoms with van der Waals surface area (Å²) in [5.41, 5.74) is 0. The van der Waals surface area contributed by atoms with Crippen molar-refractivity contribution in [1.82, 2.24) is 0 Å². The molecule has 2 nitrogen and oxygen atoms in total. The first-order valence-electron chi connectivity index (χ1n) is 2.97. The maximum absolute atomic E-state index is 8.42. The van der Waals surface area contributed by atoms with Gasteiger partial charge in [0.05, 0.1) is 27.7 Å². The van der Waals surface area contributed by atoms with Gasteiger partial charge in [-0.2, -0.15) is 0 Å². The van der Waals surface area contributed by atoms with Crippen LogP contribution in [0.3, 0.4) is 0 Å². The van der Waals surface area contributed by atoms with E-state index in [-0.39, 0.29) is 51.4 Å². The second-order valence-electron chi connectivity index (χ2n) is 3.09. The summed E-state index contributed by atoms with van der Waals surface area (Å²) in [6.45, 7) is 1.37. The number of aliphatic hydroxyl groups is 1. The van der Waals surface area contributed by atoms with Crippen molar-refractivity contribution in [1.29, 1.82) is 0 Å². The summed E-state index contributed by atoms with van der Waals surface area (Å²) in [6, 6.07) is 0. The third-order valence-electron chi connectivity index (χ3n) is 0.987. The van der Waals surface area contributed by atoms with Crippen molar-refractivity contribution in [2.45, 2.75) is 6.42 Å². The second kappa shape index (κ2) is 6.28. The standard InChI is InChI=1S/C6H16NO.K.H/c1-7(2,3)5-4-6-8;;/h8H,4-6H2,1-3H3;;/q+1;;. The molecule has 9 heavy (non-hydrogen) atoms. The molecule has 0 atom stereocenters. The van der Waals surface area contributed by atoms with Crippen molar-refractivity contribution in [2.75, 3.05) is 34.3 Å². The van der Waals surface area contributed by atoms with E-state index in [2.05, 4.69) is 21.1 Å². The zero-order valence-electron chi connectivity index (χ0n) is 6.02. The number of nitrogens with zero attached hydrogens (tertiary/aromatic N) is 1. The Kier molecular flexibility index (Phi) is 9.19. The molecule has 0 aromatic rings.